The Kier molecular flexibility index (Phi) is 14.1. The summed E-state index contributed by atoms with van der Waals surface area (Å²) in [7, 11) is 0. The molecular formula is C13H27N. The fraction of sp³-hybridized carbons (Fsp3) is 0.692. The van der Waals surface area contributed by atoms with Crippen molar-refractivity contribution in [2.24, 2.45) is 0 Å². The molecule has 0 aromatic rings. The highest BCUT2D eigenvalue weighted by Gasteiger charge is 2.06. The van der Waals surface area contributed by atoms with Crippen molar-refractivity contribution in [3.05, 3.63) is 24.8 Å². The molecule has 0 N–H and O–H groups in total. The monoisotopic (exact) mass is 197 g/mol. The average Bonchev–Trinajstić information content (AvgIpc) is 2.74. The van der Waals surface area contributed by atoms with Gasteiger partial charge in [-0.1, -0.05) is 45.6 Å². The highest BCUT2D eigenvalue weighted by molar-refractivity contribution is 5.05. The van der Waals surface area contributed by atoms with Gasteiger partial charge < -0.3 is 4.90 Å². The van der Waals surface area contributed by atoms with Crippen LogP contribution in [-0.4, -0.2) is 24.5 Å². The van der Waals surface area contributed by atoms with Crippen molar-refractivity contribution in [3.63, 3.8) is 0 Å². The molecular weight excluding hydrogens is 170 g/mol. The van der Waals surface area contributed by atoms with Crippen molar-refractivity contribution in [2.45, 2.75) is 40.5 Å². The molecule has 0 amide bonds. The second-order valence-electron chi connectivity index (χ2n) is 3.19. The minimum atomic E-state index is 1.02. The van der Waals surface area contributed by atoms with Crippen LogP contribution in [0.15, 0.2) is 24.8 Å². The maximum atomic E-state index is 3.56. The summed E-state index contributed by atoms with van der Waals surface area (Å²) in [5, 5.41) is 0. The minimum absolute atomic E-state index is 1.02. The molecule has 0 aliphatic carbocycles. The number of rotatable bonds is 2. The molecule has 0 aromatic heterocycles. The van der Waals surface area contributed by atoms with E-state index in [9.17, 15) is 0 Å². The average molecular weight is 197 g/mol. The van der Waals surface area contributed by atoms with Crippen LogP contribution in [0.5, 0.6) is 0 Å². The van der Waals surface area contributed by atoms with Crippen molar-refractivity contribution >= 4 is 0 Å². The summed E-state index contributed by atoms with van der Waals surface area (Å²) in [4.78, 5) is 2.49. The Balaban J connectivity index is 0. The zero-order valence-electron chi connectivity index (χ0n) is 10.5. The van der Waals surface area contributed by atoms with Gasteiger partial charge in [0.2, 0.25) is 0 Å². The number of hydrogen-bond acceptors (Lipinski definition) is 1. The van der Waals surface area contributed by atoms with Gasteiger partial charge in [-0.25, -0.2) is 0 Å². The molecule has 1 aliphatic heterocycles. The van der Waals surface area contributed by atoms with E-state index < -0.39 is 0 Å². The number of likely N-dealkylation sites (tertiary alicyclic amines) is 1. The van der Waals surface area contributed by atoms with Crippen LogP contribution in [0.1, 0.15) is 40.5 Å². The van der Waals surface area contributed by atoms with E-state index in [1.165, 1.54) is 32.5 Å². The normalized spacial score (nSPS) is 14.6. The van der Waals surface area contributed by atoms with E-state index in [-0.39, 0.29) is 0 Å². The fourth-order valence-electron chi connectivity index (χ4n) is 1.10. The molecule has 1 rings (SSSR count). The van der Waals surface area contributed by atoms with Gasteiger partial charge in [-0.3, -0.25) is 0 Å². The smallest absolute Gasteiger partial charge is 0.00184 e. The van der Waals surface area contributed by atoms with Crippen molar-refractivity contribution < 1.29 is 0 Å². The molecule has 0 aromatic carbocycles. The third-order valence-electron chi connectivity index (χ3n) is 1.99. The molecule has 0 spiro atoms. The largest absolute Gasteiger partial charge is 0.304 e. The van der Waals surface area contributed by atoms with Gasteiger partial charge in [0.15, 0.2) is 0 Å². The molecule has 1 heterocycles. The molecule has 1 heteroatoms. The molecule has 1 nitrogen and oxygen atoms in total. The van der Waals surface area contributed by atoms with E-state index in [0.717, 1.165) is 5.57 Å². The van der Waals surface area contributed by atoms with Gasteiger partial charge >= 0.3 is 0 Å². The van der Waals surface area contributed by atoms with Gasteiger partial charge in [0.25, 0.3) is 0 Å². The Hall–Kier alpha value is -0.560. The number of allylic oxidation sites excluding steroid dienone is 2. The highest BCUT2D eigenvalue weighted by Crippen LogP contribution is 2.04. The first kappa shape index (κ1) is 15.9. The lowest BCUT2D eigenvalue weighted by molar-refractivity contribution is 0.359. The first-order valence-corrected chi connectivity index (χ1v) is 5.71. The van der Waals surface area contributed by atoms with Crippen LogP contribution in [0, 0.1) is 0 Å². The van der Waals surface area contributed by atoms with E-state index in [1.807, 2.05) is 20.8 Å². The Labute approximate surface area is 90.5 Å². The van der Waals surface area contributed by atoms with Crippen LogP contribution in [0.25, 0.3) is 0 Å². The number of nitrogens with zero attached hydrogens (tertiary/aromatic N) is 1. The summed E-state index contributed by atoms with van der Waals surface area (Å²) < 4.78 is 0. The minimum Gasteiger partial charge on any atom is -0.304 e. The van der Waals surface area contributed by atoms with Crippen LogP contribution in [0.4, 0.5) is 0 Å². The van der Waals surface area contributed by atoms with Crippen LogP contribution in [0.2, 0.25) is 0 Å². The Morgan fingerprint density at radius 1 is 1.29 bits per heavy atom. The van der Waals surface area contributed by atoms with Gasteiger partial charge in [0, 0.05) is 0 Å². The Morgan fingerprint density at radius 3 is 1.79 bits per heavy atom. The van der Waals surface area contributed by atoms with E-state index >= 15 is 0 Å². The van der Waals surface area contributed by atoms with Gasteiger partial charge in [-0.05, 0) is 39.4 Å². The Bertz CT molecular complexity index is 132. The van der Waals surface area contributed by atoms with E-state index in [1.54, 1.807) is 6.08 Å². The molecule has 0 atom stereocenters. The molecule has 84 valence electrons. The Morgan fingerprint density at radius 2 is 1.64 bits per heavy atom. The molecule has 0 unspecified atom stereocenters. The van der Waals surface area contributed by atoms with Crippen LogP contribution in [-0.2, 0) is 0 Å². The zero-order valence-corrected chi connectivity index (χ0v) is 10.5. The van der Waals surface area contributed by atoms with E-state index in [4.69, 9.17) is 0 Å². The molecule has 1 fully saturated rings. The first-order valence-electron chi connectivity index (χ1n) is 5.71. The van der Waals surface area contributed by atoms with E-state index in [2.05, 4.69) is 25.0 Å². The maximum absolute atomic E-state index is 3.56. The summed E-state index contributed by atoms with van der Waals surface area (Å²) >= 11 is 0. The van der Waals surface area contributed by atoms with Gasteiger partial charge in [0.05, 0.1) is 0 Å². The fourth-order valence-corrected chi connectivity index (χ4v) is 1.10. The van der Waals surface area contributed by atoms with Crippen molar-refractivity contribution in [3.8, 4) is 0 Å². The summed E-state index contributed by atoms with van der Waals surface area (Å²) in [6.45, 7) is 19.1. The summed E-state index contributed by atoms with van der Waals surface area (Å²) in [5.74, 6) is 0. The molecule has 14 heavy (non-hydrogen) atoms. The maximum Gasteiger partial charge on any atom is -0.00184 e. The van der Waals surface area contributed by atoms with Crippen LogP contribution < -0.4 is 0 Å². The lowest BCUT2D eigenvalue weighted by Gasteiger charge is -2.08. The lowest BCUT2D eigenvalue weighted by Crippen LogP contribution is -2.17. The summed E-state index contributed by atoms with van der Waals surface area (Å²) in [6.07, 6.45) is 4.57. The van der Waals surface area contributed by atoms with Gasteiger partial charge in [-0.2, -0.15) is 0 Å². The summed E-state index contributed by atoms with van der Waals surface area (Å²) in [5.41, 5.74) is 1.02. The third-order valence-corrected chi connectivity index (χ3v) is 1.99. The molecule has 0 bridgehead atoms. The molecule has 0 saturated carbocycles. The summed E-state index contributed by atoms with van der Waals surface area (Å²) in [6, 6.07) is 0. The molecule has 1 saturated heterocycles. The zero-order chi connectivity index (χ0) is 11.4. The standard InChI is InChI=1S/C6H13N.C5H8.C2H6/c1-2-7-5-3-4-6-7;1-4-5(2)3;1-2/h2-6H2,1H3;4H,1-2H2,3H3;1-2H3. The lowest BCUT2D eigenvalue weighted by atomic mass is 10.4. The predicted molar refractivity (Wildman–Crippen MR) is 67.7 cm³/mol. The SMILES string of the molecule is C=CC(=C)C.CC.CCN1CCCC1. The first-order chi connectivity index (χ1) is 6.70. The van der Waals surface area contributed by atoms with Crippen LogP contribution in [0.3, 0.4) is 0 Å². The second kappa shape index (κ2) is 12.4. The topological polar surface area (TPSA) is 3.24 Å². The van der Waals surface area contributed by atoms with Crippen molar-refractivity contribution in [1.29, 1.82) is 0 Å². The van der Waals surface area contributed by atoms with Crippen molar-refractivity contribution in [2.75, 3.05) is 19.6 Å². The van der Waals surface area contributed by atoms with Crippen molar-refractivity contribution in [1.82, 2.24) is 4.90 Å². The van der Waals surface area contributed by atoms with E-state index in [0.29, 0.717) is 0 Å². The quantitative estimate of drug-likeness (QED) is 0.607. The van der Waals surface area contributed by atoms with Crippen LogP contribution >= 0.6 is 0 Å². The molecule has 1 aliphatic rings. The highest BCUT2D eigenvalue weighted by atomic mass is 15.1. The third kappa shape index (κ3) is 11.4. The molecule has 0 radical (unpaired) electrons. The predicted octanol–water partition coefficient (Wildman–Crippen LogP) is 3.88. The van der Waals surface area contributed by atoms with Gasteiger partial charge in [-0.15, -0.1) is 0 Å². The second-order valence-corrected chi connectivity index (χ2v) is 3.19. The van der Waals surface area contributed by atoms with Gasteiger partial charge in [0.1, 0.15) is 0 Å². The number of hydrogen-bond donors (Lipinski definition) is 0.